The summed E-state index contributed by atoms with van der Waals surface area (Å²) in [7, 11) is 0. The lowest BCUT2D eigenvalue weighted by Gasteiger charge is -2.23. The van der Waals surface area contributed by atoms with Gasteiger partial charge >= 0.3 is 6.18 Å². The smallest absolute Gasteiger partial charge is 0.383 e. The summed E-state index contributed by atoms with van der Waals surface area (Å²) >= 11 is 6.73. The molecule has 43 heavy (non-hydrogen) atoms. The number of hydrogen-bond donors (Lipinski definition) is 2. The predicted molar refractivity (Wildman–Crippen MR) is 160 cm³/mol. The number of nitrogens with zero attached hydrogens (tertiary/aromatic N) is 6. The molecule has 0 aliphatic heterocycles. The standard InChI is InChI=1S/C31H28ClF3N8/c1-29(2,3)17-39-26-19(13-36)15-38-27-23(26)11-20(12-24(27)32)40-28(22-6-4-5-18-14-37-10-7-21(18)22)25-16-43(42-41-25)30(8-9-30)31(33,34)35/h4-7,10-12,14-16,28,40H,8-9,17H2,1-3H3,(H,38,39)/t28-/m0/s1. The number of fused-ring (bicyclic) bond motifs is 2. The van der Waals surface area contributed by atoms with Crippen LogP contribution in [0.1, 0.15) is 56.5 Å². The predicted octanol–water partition coefficient (Wildman–Crippen LogP) is 7.61. The van der Waals surface area contributed by atoms with Gasteiger partial charge in [-0.25, -0.2) is 4.68 Å². The molecule has 3 aromatic heterocycles. The minimum absolute atomic E-state index is 0.0455. The van der Waals surface area contributed by atoms with Gasteiger partial charge in [-0.1, -0.05) is 55.8 Å². The number of hydrogen-bond acceptors (Lipinski definition) is 7. The molecule has 5 aromatic rings. The molecule has 1 saturated carbocycles. The average Bonchev–Trinajstić information content (AvgIpc) is 3.65. The van der Waals surface area contributed by atoms with Crippen LogP contribution in [0.4, 0.5) is 24.5 Å². The highest BCUT2D eigenvalue weighted by atomic mass is 35.5. The summed E-state index contributed by atoms with van der Waals surface area (Å²) in [6.45, 7) is 6.83. The van der Waals surface area contributed by atoms with E-state index in [9.17, 15) is 18.4 Å². The molecule has 3 heterocycles. The maximum Gasteiger partial charge on any atom is 0.413 e. The molecule has 1 atom stereocenters. The summed E-state index contributed by atoms with van der Waals surface area (Å²) in [4.78, 5) is 8.65. The average molecular weight is 605 g/mol. The zero-order chi connectivity index (χ0) is 30.6. The number of benzene rings is 2. The Bertz CT molecular complexity index is 1880. The van der Waals surface area contributed by atoms with Crippen LogP contribution in [0, 0.1) is 16.7 Å². The SMILES string of the molecule is CC(C)(C)CNc1c(C#N)cnc2c(Cl)cc(N[C@H](c3cn(C4(C(F)(F)F)CC4)nn3)c3cccc4cnccc34)cc12. The third-order valence-electron chi connectivity index (χ3n) is 7.67. The molecule has 220 valence electrons. The van der Waals surface area contributed by atoms with Gasteiger partial charge in [-0.2, -0.15) is 18.4 Å². The molecule has 0 spiro atoms. The summed E-state index contributed by atoms with van der Waals surface area (Å²) < 4.78 is 42.8. The van der Waals surface area contributed by atoms with E-state index in [1.807, 2.05) is 30.3 Å². The van der Waals surface area contributed by atoms with E-state index in [0.717, 1.165) is 21.0 Å². The topological polar surface area (TPSA) is 104 Å². The van der Waals surface area contributed by atoms with Crippen LogP contribution in [-0.2, 0) is 5.54 Å². The first kappa shape index (κ1) is 28.7. The minimum atomic E-state index is -4.44. The van der Waals surface area contributed by atoms with Gasteiger partial charge in [0.05, 0.1) is 34.0 Å². The van der Waals surface area contributed by atoms with Crippen molar-refractivity contribution in [2.24, 2.45) is 5.41 Å². The Balaban J connectivity index is 1.49. The number of pyridine rings is 2. The van der Waals surface area contributed by atoms with Crippen molar-refractivity contribution < 1.29 is 13.2 Å². The highest BCUT2D eigenvalue weighted by Gasteiger charge is 2.66. The van der Waals surface area contributed by atoms with Crippen LogP contribution in [0.5, 0.6) is 0 Å². The minimum Gasteiger partial charge on any atom is -0.383 e. The Hall–Kier alpha value is -4.43. The van der Waals surface area contributed by atoms with Crippen LogP contribution >= 0.6 is 11.6 Å². The second-order valence-electron chi connectivity index (χ2n) is 12.1. The number of nitrogens with one attached hydrogen (secondary N) is 2. The monoisotopic (exact) mass is 604 g/mol. The van der Waals surface area contributed by atoms with Gasteiger partial charge in [-0.15, -0.1) is 5.10 Å². The zero-order valence-electron chi connectivity index (χ0n) is 23.7. The second-order valence-corrected chi connectivity index (χ2v) is 12.5. The van der Waals surface area contributed by atoms with Crippen molar-refractivity contribution in [1.29, 1.82) is 5.26 Å². The number of rotatable bonds is 7. The molecule has 0 bridgehead atoms. The second kappa shape index (κ2) is 10.4. The molecule has 2 N–H and O–H groups in total. The first-order chi connectivity index (χ1) is 20.4. The van der Waals surface area contributed by atoms with Gasteiger partial charge in [0.25, 0.3) is 0 Å². The molecule has 1 fully saturated rings. The molecule has 0 unspecified atom stereocenters. The summed E-state index contributed by atoms with van der Waals surface area (Å²) in [6, 6.07) is 12.6. The van der Waals surface area contributed by atoms with Gasteiger partial charge in [0.15, 0.2) is 5.54 Å². The van der Waals surface area contributed by atoms with Crippen LogP contribution in [0.2, 0.25) is 5.02 Å². The molecule has 8 nitrogen and oxygen atoms in total. The first-order valence-corrected chi connectivity index (χ1v) is 14.1. The highest BCUT2D eigenvalue weighted by Crippen LogP contribution is 2.55. The molecule has 0 saturated heterocycles. The van der Waals surface area contributed by atoms with E-state index < -0.39 is 17.8 Å². The fourth-order valence-electron chi connectivity index (χ4n) is 5.23. The van der Waals surface area contributed by atoms with E-state index in [0.29, 0.717) is 45.1 Å². The van der Waals surface area contributed by atoms with Crippen molar-refractivity contribution in [3.8, 4) is 6.07 Å². The van der Waals surface area contributed by atoms with Crippen molar-refractivity contribution in [2.45, 2.75) is 51.4 Å². The largest absolute Gasteiger partial charge is 0.413 e. The van der Waals surface area contributed by atoms with Gasteiger partial charge < -0.3 is 10.6 Å². The van der Waals surface area contributed by atoms with E-state index >= 15 is 0 Å². The summed E-state index contributed by atoms with van der Waals surface area (Å²) in [5.41, 5.74) is 1.03. The highest BCUT2D eigenvalue weighted by molar-refractivity contribution is 6.35. The van der Waals surface area contributed by atoms with E-state index in [4.69, 9.17) is 11.6 Å². The van der Waals surface area contributed by atoms with Crippen molar-refractivity contribution >= 4 is 44.7 Å². The molecular formula is C31H28ClF3N8. The molecule has 12 heteroatoms. The van der Waals surface area contributed by atoms with Crippen molar-refractivity contribution in [3.63, 3.8) is 0 Å². The van der Waals surface area contributed by atoms with Crippen molar-refractivity contribution in [3.05, 3.63) is 83.0 Å². The van der Waals surface area contributed by atoms with E-state index in [1.165, 1.54) is 12.4 Å². The number of nitriles is 1. The van der Waals surface area contributed by atoms with E-state index in [-0.39, 0.29) is 18.3 Å². The van der Waals surface area contributed by atoms with Crippen LogP contribution in [0.15, 0.2) is 61.2 Å². The van der Waals surface area contributed by atoms with Gasteiger partial charge in [-0.05, 0) is 47.4 Å². The number of alkyl halides is 3. The number of anilines is 2. The van der Waals surface area contributed by atoms with Crippen molar-refractivity contribution in [1.82, 2.24) is 25.0 Å². The zero-order valence-corrected chi connectivity index (χ0v) is 24.4. The lowest BCUT2D eigenvalue weighted by molar-refractivity contribution is -0.182. The third kappa shape index (κ3) is 5.31. The lowest BCUT2D eigenvalue weighted by atomic mass is 9.96. The summed E-state index contributed by atoms with van der Waals surface area (Å²) in [6.07, 6.45) is 1.72. The lowest BCUT2D eigenvalue weighted by Crippen LogP contribution is -2.35. The Morgan fingerprint density at radius 2 is 1.91 bits per heavy atom. The van der Waals surface area contributed by atoms with Gasteiger partial charge in [0, 0.05) is 41.6 Å². The summed E-state index contributed by atoms with van der Waals surface area (Å²) in [5, 5.41) is 27.6. The van der Waals surface area contributed by atoms with Crippen LogP contribution < -0.4 is 10.6 Å². The third-order valence-corrected chi connectivity index (χ3v) is 7.96. The number of aromatic nitrogens is 5. The maximum atomic E-state index is 13.9. The van der Waals surface area contributed by atoms with Crippen LogP contribution in [0.25, 0.3) is 21.7 Å². The molecule has 0 radical (unpaired) electrons. The molecule has 2 aromatic carbocycles. The van der Waals surface area contributed by atoms with Gasteiger partial charge in [0.1, 0.15) is 11.8 Å². The van der Waals surface area contributed by atoms with E-state index in [2.05, 4.69) is 57.8 Å². The van der Waals surface area contributed by atoms with Gasteiger partial charge in [0.2, 0.25) is 0 Å². The fraction of sp³-hybridized carbons (Fsp3) is 0.323. The Labute approximate surface area is 250 Å². The number of halogens is 4. The molecular weight excluding hydrogens is 577 g/mol. The molecule has 1 aliphatic rings. The Morgan fingerprint density at radius 1 is 1.12 bits per heavy atom. The summed E-state index contributed by atoms with van der Waals surface area (Å²) in [5.74, 6) is 0. The molecule has 6 rings (SSSR count). The van der Waals surface area contributed by atoms with Crippen LogP contribution in [0.3, 0.4) is 0 Å². The molecule has 0 amide bonds. The maximum absolute atomic E-state index is 13.9. The normalized spacial score (nSPS) is 15.3. The Kier molecular flexibility index (Phi) is 6.92. The quantitative estimate of drug-likeness (QED) is 0.197. The van der Waals surface area contributed by atoms with E-state index in [1.54, 1.807) is 18.5 Å². The van der Waals surface area contributed by atoms with Crippen molar-refractivity contribution in [2.75, 3.05) is 17.2 Å². The van der Waals surface area contributed by atoms with Gasteiger partial charge in [-0.3, -0.25) is 9.97 Å². The first-order valence-electron chi connectivity index (χ1n) is 13.8. The Morgan fingerprint density at radius 3 is 2.60 bits per heavy atom. The fourth-order valence-corrected chi connectivity index (χ4v) is 5.50. The van der Waals surface area contributed by atoms with Crippen LogP contribution in [-0.4, -0.2) is 37.7 Å². The molecule has 1 aliphatic carbocycles.